The molecular formula is C54H52N3OPt-. The van der Waals surface area contributed by atoms with Crippen molar-refractivity contribution in [2.75, 3.05) is 0 Å². The van der Waals surface area contributed by atoms with Crippen molar-refractivity contribution in [3.63, 3.8) is 0 Å². The minimum absolute atomic E-state index is 0. The zero-order valence-electron chi connectivity index (χ0n) is 44.2. The average Bonchev–Trinajstić information content (AvgIpc) is 3.67. The van der Waals surface area contributed by atoms with Gasteiger partial charge in [0.25, 0.3) is 0 Å². The van der Waals surface area contributed by atoms with Gasteiger partial charge in [0, 0.05) is 46.9 Å². The second-order valence-corrected chi connectivity index (χ2v) is 16.5. The smallest absolute Gasteiger partial charge is 0.148 e. The van der Waals surface area contributed by atoms with Crippen LogP contribution in [0.2, 0.25) is 0 Å². The summed E-state index contributed by atoms with van der Waals surface area (Å²) in [7, 11) is 0. The normalized spacial score (nSPS) is 14.6. The van der Waals surface area contributed by atoms with Crippen LogP contribution in [-0.2, 0) is 26.5 Å². The number of hydrogen-bond acceptors (Lipinski definition) is 3. The van der Waals surface area contributed by atoms with Crippen LogP contribution in [0.4, 0.5) is 0 Å². The summed E-state index contributed by atoms with van der Waals surface area (Å²) in [6, 6.07) is 33.3. The van der Waals surface area contributed by atoms with Gasteiger partial charge in [0.1, 0.15) is 11.6 Å². The first-order chi connectivity index (χ1) is 31.9. The molecule has 0 spiro atoms. The fourth-order valence-electron chi connectivity index (χ4n) is 7.40. The minimum Gasteiger partial charge on any atom is -0.507 e. The van der Waals surface area contributed by atoms with E-state index < -0.39 is 43.4 Å². The van der Waals surface area contributed by atoms with Gasteiger partial charge in [-0.2, -0.15) is 0 Å². The molecule has 0 aliphatic rings. The summed E-state index contributed by atoms with van der Waals surface area (Å²) in [6.07, 6.45) is 1.51. The molecule has 0 saturated carbocycles. The van der Waals surface area contributed by atoms with Gasteiger partial charge in [-0.15, -0.1) is 29.3 Å². The van der Waals surface area contributed by atoms with E-state index in [0.717, 1.165) is 22.3 Å². The molecule has 2 heterocycles. The van der Waals surface area contributed by atoms with Crippen LogP contribution in [0.25, 0.3) is 72.7 Å². The van der Waals surface area contributed by atoms with Crippen molar-refractivity contribution < 1.29 is 39.9 Å². The number of aromatic hydroxyl groups is 1. The summed E-state index contributed by atoms with van der Waals surface area (Å²) in [5.41, 5.74) is 8.11. The molecule has 0 radical (unpaired) electrons. The third-order valence-electron chi connectivity index (χ3n) is 10.7. The molecule has 5 heteroatoms. The van der Waals surface area contributed by atoms with Crippen molar-refractivity contribution in [2.24, 2.45) is 0 Å². The van der Waals surface area contributed by atoms with Gasteiger partial charge < -0.3 is 5.11 Å². The van der Waals surface area contributed by atoms with E-state index in [1.165, 1.54) is 6.20 Å². The summed E-state index contributed by atoms with van der Waals surface area (Å²) in [5, 5.41) is 12.2. The Morgan fingerprint density at radius 3 is 2.17 bits per heavy atom. The Morgan fingerprint density at radius 2 is 1.47 bits per heavy atom. The first kappa shape index (κ1) is 30.5. The molecule has 0 fully saturated rings. The van der Waals surface area contributed by atoms with Crippen molar-refractivity contribution >= 4 is 11.0 Å². The van der Waals surface area contributed by atoms with Crippen LogP contribution < -0.4 is 0 Å². The number of para-hydroxylation sites is 1. The molecule has 0 aliphatic heterocycles. The summed E-state index contributed by atoms with van der Waals surface area (Å²) < 4.78 is 86.3. The van der Waals surface area contributed by atoms with Gasteiger partial charge in [0.05, 0.1) is 22.1 Å². The SMILES string of the molecule is [2H]c1c([2H])c(C([2H])([2H])[2H])c([2H])c([2H])c1-c1ccnc(-c2[c-]c(-c3cccc4c3nc(-c3cc(C(C)C)cc(C(C)C)c3O)n4-c3ccc(-c4ccccc4)c(C([2H])([2H])[2H])c3)cc(C(C)(C)C)c2)c1.[Pt]. The van der Waals surface area contributed by atoms with E-state index in [2.05, 4.69) is 40.7 Å². The molecular weight excluding hydrogens is 902 g/mol. The predicted molar refractivity (Wildman–Crippen MR) is 243 cm³/mol. The molecule has 0 amide bonds. The van der Waals surface area contributed by atoms with Gasteiger partial charge in [0.15, 0.2) is 0 Å². The Hall–Kier alpha value is -5.57. The maximum Gasteiger partial charge on any atom is 0.148 e. The third-order valence-corrected chi connectivity index (χ3v) is 10.7. The number of phenolic OH excluding ortho intramolecular Hbond substituents is 1. The molecule has 8 rings (SSSR count). The maximum absolute atomic E-state index is 12.2. The summed E-state index contributed by atoms with van der Waals surface area (Å²) in [4.78, 5) is 10.1. The van der Waals surface area contributed by atoms with E-state index in [-0.39, 0.29) is 55.2 Å². The van der Waals surface area contributed by atoms with Crippen LogP contribution in [0.15, 0.2) is 133 Å². The Morgan fingerprint density at radius 1 is 0.712 bits per heavy atom. The Labute approximate surface area is 378 Å². The number of aromatic nitrogens is 3. The summed E-state index contributed by atoms with van der Waals surface area (Å²) in [5.74, 6) is 0.600. The number of phenols is 1. The van der Waals surface area contributed by atoms with Crippen molar-refractivity contribution in [3.8, 4) is 67.5 Å². The number of benzene rings is 6. The molecule has 0 unspecified atom stereocenters. The molecule has 59 heavy (non-hydrogen) atoms. The number of nitrogens with zero attached hydrogens (tertiary/aromatic N) is 3. The zero-order chi connectivity index (χ0) is 49.4. The van der Waals surface area contributed by atoms with E-state index in [1.54, 1.807) is 18.2 Å². The van der Waals surface area contributed by atoms with Gasteiger partial charge >= 0.3 is 0 Å². The minimum atomic E-state index is -2.84. The number of hydrogen-bond donors (Lipinski definition) is 1. The molecule has 4 nitrogen and oxygen atoms in total. The molecule has 0 saturated heterocycles. The Balaban J connectivity index is 0.00000703. The zero-order valence-corrected chi connectivity index (χ0v) is 36.4. The van der Waals surface area contributed by atoms with Crippen LogP contribution in [0, 0.1) is 19.8 Å². The standard InChI is InChI=1S/C54H52N3O.Pt/c1-33(2)40-30-47(34(3)4)52(58)48(31-40)53-56-51-46(16-13-17-50(51)57(53)44-22-23-45(36(6)26-44)38-14-11-10-12-15-38)41-27-42(29-43(28-41)54(7,8)9)49-32-39(24-25-55-49)37-20-18-35(5)19-21-37;/h10-26,28-34,58H,1-9H3;/q-1;/i5D3,6D3,18D,19D,20D,21D;. The predicted octanol–water partition coefficient (Wildman–Crippen LogP) is 14.4. The second kappa shape index (κ2) is 16.6. The molecule has 2 aromatic heterocycles. The van der Waals surface area contributed by atoms with Crippen LogP contribution in [0.5, 0.6) is 5.75 Å². The van der Waals surface area contributed by atoms with Gasteiger partial charge in [-0.25, -0.2) is 4.98 Å². The monoisotopic (exact) mass is 963 g/mol. The van der Waals surface area contributed by atoms with Crippen molar-refractivity contribution in [1.82, 2.24) is 14.5 Å². The average molecular weight is 964 g/mol. The summed E-state index contributed by atoms with van der Waals surface area (Å²) >= 11 is 0. The van der Waals surface area contributed by atoms with Crippen LogP contribution >= 0.6 is 0 Å². The van der Waals surface area contributed by atoms with E-state index >= 15 is 0 Å². The molecule has 300 valence electrons. The van der Waals surface area contributed by atoms with E-state index in [1.807, 2.05) is 103 Å². The summed E-state index contributed by atoms with van der Waals surface area (Å²) in [6.45, 7) is 9.19. The fraction of sp³-hybridized carbons (Fsp3) is 0.222. The van der Waals surface area contributed by atoms with E-state index in [9.17, 15) is 5.11 Å². The molecule has 0 bridgehead atoms. The van der Waals surface area contributed by atoms with E-state index in [0.29, 0.717) is 61.6 Å². The van der Waals surface area contributed by atoms with Crippen LogP contribution in [0.1, 0.15) is 102 Å². The van der Waals surface area contributed by atoms with E-state index in [4.69, 9.17) is 23.7 Å². The largest absolute Gasteiger partial charge is 0.507 e. The molecule has 8 aromatic rings. The second-order valence-electron chi connectivity index (χ2n) is 16.5. The molecule has 6 aromatic carbocycles. The first-order valence-corrected chi connectivity index (χ1v) is 19.6. The first-order valence-electron chi connectivity index (χ1n) is 24.6. The Bertz CT molecular complexity index is 3230. The number of imidazole rings is 1. The van der Waals surface area contributed by atoms with Crippen molar-refractivity contribution in [1.29, 1.82) is 0 Å². The van der Waals surface area contributed by atoms with Gasteiger partial charge in [-0.05, 0) is 100 Å². The van der Waals surface area contributed by atoms with Crippen molar-refractivity contribution in [2.45, 2.75) is 79.4 Å². The van der Waals surface area contributed by atoms with Gasteiger partial charge in [-0.1, -0.05) is 150 Å². The topological polar surface area (TPSA) is 50.9 Å². The molecule has 0 aliphatic carbocycles. The van der Waals surface area contributed by atoms with Crippen LogP contribution in [-0.4, -0.2) is 19.6 Å². The number of fused-ring (bicyclic) bond motifs is 1. The fourth-order valence-corrected chi connectivity index (χ4v) is 7.40. The maximum atomic E-state index is 12.2. The molecule has 1 N–H and O–H groups in total. The number of pyridine rings is 1. The third kappa shape index (κ3) is 8.21. The van der Waals surface area contributed by atoms with Gasteiger partial charge in [-0.3, -0.25) is 9.55 Å². The number of aryl methyl sites for hydroxylation is 1. The molecule has 0 atom stereocenters. The van der Waals surface area contributed by atoms with Gasteiger partial charge in [0.2, 0.25) is 0 Å². The number of rotatable bonds is 8. The van der Waals surface area contributed by atoms with Crippen molar-refractivity contribution in [3.05, 3.63) is 167 Å². The Kier molecular flexibility index (Phi) is 8.57. The quantitative estimate of drug-likeness (QED) is 0.154. The van der Waals surface area contributed by atoms with Crippen LogP contribution in [0.3, 0.4) is 0 Å².